The van der Waals surface area contributed by atoms with Gasteiger partial charge in [-0.05, 0) is 26.2 Å². The van der Waals surface area contributed by atoms with Crippen molar-refractivity contribution in [1.29, 1.82) is 0 Å². The van der Waals surface area contributed by atoms with E-state index in [0.717, 1.165) is 0 Å². The average molecular weight is 216 g/mol. The van der Waals surface area contributed by atoms with Crippen LogP contribution in [0.3, 0.4) is 0 Å². The first-order valence-electron chi connectivity index (χ1n) is 5.19. The van der Waals surface area contributed by atoms with Crippen molar-refractivity contribution in [2.75, 3.05) is 0 Å². The van der Waals surface area contributed by atoms with Crippen molar-refractivity contribution in [2.24, 2.45) is 5.92 Å². The number of carboxylic acids is 1. The Balaban J connectivity index is 3.88. The fourth-order valence-corrected chi connectivity index (χ4v) is 0.846. The van der Waals surface area contributed by atoms with Crippen LogP contribution in [0.25, 0.3) is 0 Å². The minimum atomic E-state index is -0.883. The maximum absolute atomic E-state index is 11.3. The van der Waals surface area contributed by atoms with Gasteiger partial charge in [0.15, 0.2) is 0 Å². The summed E-state index contributed by atoms with van der Waals surface area (Å²) in [5.74, 6) is -0.971. The van der Waals surface area contributed by atoms with E-state index in [0.29, 0.717) is 6.42 Å². The highest BCUT2D eigenvalue weighted by Crippen LogP contribution is 2.21. The van der Waals surface area contributed by atoms with E-state index in [2.05, 4.69) is 0 Å². The largest absolute Gasteiger partial charge is 0.481 e. The lowest BCUT2D eigenvalue weighted by Gasteiger charge is -2.29. The molecule has 4 heteroatoms. The summed E-state index contributed by atoms with van der Waals surface area (Å²) in [6, 6.07) is 0. The molecule has 0 aromatic carbocycles. The Bertz CT molecular complexity index is 231. The van der Waals surface area contributed by atoms with Gasteiger partial charge in [0.2, 0.25) is 0 Å². The monoisotopic (exact) mass is 216 g/mol. The molecule has 88 valence electrons. The Morgan fingerprint density at radius 2 is 1.80 bits per heavy atom. The minimum Gasteiger partial charge on any atom is -0.481 e. The molecule has 0 fully saturated rings. The maximum Gasteiger partial charge on any atom is 0.306 e. The highest BCUT2D eigenvalue weighted by atomic mass is 16.6. The first kappa shape index (κ1) is 13.9. The van der Waals surface area contributed by atoms with Gasteiger partial charge in [0.1, 0.15) is 5.60 Å². The van der Waals surface area contributed by atoms with Crippen LogP contribution in [0.15, 0.2) is 0 Å². The Morgan fingerprint density at radius 1 is 1.27 bits per heavy atom. The Labute approximate surface area is 90.6 Å². The minimum absolute atomic E-state index is 0.0111. The van der Waals surface area contributed by atoms with E-state index in [9.17, 15) is 9.59 Å². The number of carbonyl (C=O) groups is 2. The number of hydrogen-bond acceptors (Lipinski definition) is 3. The summed E-state index contributed by atoms with van der Waals surface area (Å²) in [5, 5.41) is 8.40. The topological polar surface area (TPSA) is 63.6 Å². The van der Waals surface area contributed by atoms with Gasteiger partial charge in [-0.15, -0.1) is 0 Å². The van der Waals surface area contributed by atoms with Crippen LogP contribution in [0.4, 0.5) is 0 Å². The van der Waals surface area contributed by atoms with Crippen molar-refractivity contribution in [3.63, 3.8) is 0 Å². The fourth-order valence-electron chi connectivity index (χ4n) is 0.846. The van der Waals surface area contributed by atoms with Crippen LogP contribution >= 0.6 is 0 Å². The Kier molecular flexibility index (Phi) is 5.33. The maximum atomic E-state index is 11.3. The molecule has 0 aliphatic rings. The van der Waals surface area contributed by atoms with E-state index < -0.39 is 11.6 Å². The lowest BCUT2D eigenvalue weighted by Crippen LogP contribution is -2.33. The molecule has 0 amide bonds. The third kappa shape index (κ3) is 6.10. The quantitative estimate of drug-likeness (QED) is 0.691. The summed E-state index contributed by atoms with van der Waals surface area (Å²) in [6.07, 6.45) is 0.516. The molecule has 0 saturated heterocycles. The van der Waals surface area contributed by atoms with Gasteiger partial charge in [0, 0.05) is 12.8 Å². The molecule has 0 aliphatic heterocycles. The van der Waals surface area contributed by atoms with Crippen LogP contribution in [-0.4, -0.2) is 22.6 Å². The molecule has 0 unspecified atom stereocenters. The van der Waals surface area contributed by atoms with Crippen LogP contribution < -0.4 is 0 Å². The van der Waals surface area contributed by atoms with Gasteiger partial charge >= 0.3 is 11.9 Å². The molecule has 0 bridgehead atoms. The van der Waals surface area contributed by atoms with Crippen molar-refractivity contribution in [3.8, 4) is 0 Å². The van der Waals surface area contributed by atoms with E-state index in [1.807, 2.05) is 27.7 Å². The molecule has 0 rings (SSSR count). The number of carbonyl (C=O) groups excluding carboxylic acids is 1. The molecule has 1 N–H and O–H groups in total. The summed E-state index contributed by atoms with van der Waals surface area (Å²) in [7, 11) is 0. The molecule has 0 radical (unpaired) electrons. The molecular formula is C11H20O4. The molecule has 0 aromatic heterocycles. The van der Waals surface area contributed by atoms with E-state index >= 15 is 0 Å². The van der Waals surface area contributed by atoms with Crippen LogP contribution in [0.5, 0.6) is 0 Å². The number of carboxylic acid groups (broad SMARTS) is 1. The third-order valence-corrected chi connectivity index (χ3v) is 2.54. The lowest BCUT2D eigenvalue weighted by atomic mass is 9.94. The second kappa shape index (κ2) is 5.73. The van der Waals surface area contributed by atoms with Crippen molar-refractivity contribution in [2.45, 2.75) is 52.6 Å². The normalized spacial score (nSPS) is 11.5. The zero-order chi connectivity index (χ0) is 12.1. The van der Waals surface area contributed by atoms with Gasteiger partial charge in [-0.25, -0.2) is 0 Å². The van der Waals surface area contributed by atoms with Crippen molar-refractivity contribution >= 4 is 11.9 Å². The molecule has 0 saturated carbocycles. The lowest BCUT2D eigenvalue weighted by molar-refractivity contribution is -0.160. The molecule has 0 heterocycles. The summed E-state index contributed by atoms with van der Waals surface area (Å²) in [5.41, 5.74) is -0.486. The molecular weight excluding hydrogens is 196 g/mol. The van der Waals surface area contributed by atoms with Crippen LogP contribution in [-0.2, 0) is 14.3 Å². The second-order valence-corrected chi connectivity index (χ2v) is 4.48. The first-order chi connectivity index (χ1) is 6.75. The van der Waals surface area contributed by atoms with Gasteiger partial charge < -0.3 is 9.84 Å². The Hall–Kier alpha value is -1.06. The van der Waals surface area contributed by atoms with Gasteiger partial charge in [-0.1, -0.05) is 13.8 Å². The van der Waals surface area contributed by atoms with E-state index in [1.165, 1.54) is 0 Å². The van der Waals surface area contributed by atoms with Crippen LogP contribution in [0.2, 0.25) is 0 Å². The highest BCUT2D eigenvalue weighted by Gasteiger charge is 2.26. The number of esters is 1. The van der Waals surface area contributed by atoms with Gasteiger partial charge in [0.05, 0.1) is 0 Å². The first-order valence-corrected chi connectivity index (χ1v) is 5.19. The van der Waals surface area contributed by atoms with Crippen molar-refractivity contribution < 1.29 is 19.4 Å². The van der Waals surface area contributed by atoms with E-state index in [1.54, 1.807) is 0 Å². The predicted octanol–water partition coefficient (Wildman–Crippen LogP) is 2.22. The summed E-state index contributed by atoms with van der Waals surface area (Å²) in [4.78, 5) is 21.6. The third-order valence-electron chi connectivity index (χ3n) is 2.54. The number of hydrogen-bond donors (Lipinski definition) is 1. The van der Waals surface area contributed by atoms with E-state index in [4.69, 9.17) is 9.84 Å². The van der Waals surface area contributed by atoms with Gasteiger partial charge in [-0.3, -0.25) is 9.59 Å². The molecule has 4 nitrogen and oxygen atoms in total. The summed E-state index contributed by atoms with van der Waals surface area (Å²) < 4.78 is 5.25. The van der Waals surface area contributed by atoms with Crippen molar-refractivity contribution in [3.05, 3.63) is 0 Å². The number of rotatable bonds is 6. The fraction of sp³-hybridized carbons (Fsp3) is 0.818. The summed E-state index contributed by atoms with van der Waals surface area (Å²) >= 11 is 0. The SMILES string of the molecule is CC(C)C(C)(C)OC(=O)CCCC(=O)O. The van der Waals surface area contributed by atoms with Crippen molar-refractivity contribution in [1.82, 2.24) is 0 Å². The second-order valence-electron chi connectivity index (χ2n) is 4.48. The zero-order valence-electron chi connectivity index (χ0n) is 9.87. The zero-order valence-corrected chi connectivity index (χ0v) is 9.87. The Morgan fingerprint density at radius 3 is 2.20 bits per heavy atom. The molecule has 15 heavy (non-hydrogen) atoms. The smallest absolute Gasteiger partial charge is 0.306 e. The van der Waals surface area contributed by atoms with Crippen LogP contribution in [0.1, 0.15) is 47.0 Å². The van der Waals surface area contributed by atoms with E-state index in [-0.39, 0.29) is 24.7 Å². The van der Waals surface area contributed by atoms with Gasteiger partial charge in [-0.2, -0.15) is 0 Å². The highest BCUT2D eigenvalue weighted by molar-refractivity contribution is 5.71. The molecule has 0 atom stereocenters. The standard InChI is InChI=1S/C11H20O4/c1-8(2)11(3,4)15-10(14)7-5-6-9(12)13/h8H,5-7H2,1-4H3,(H,12,13). The molecule has 0 spiro atoms. The number of aliphatic carboxylic acids is 1. The predicted molar refractivity (Wildman–Crippen MR) is 56.5 cm³/mol. The molecule has 0 aromatic rings. The average Bonchev–Trinajstić information content (AvgIpc) is 2.01. The summed E-state index contributed by atoms with van der Waals surface area (Å²) in [6.45, 7) is 7.66. The number of ether oxygens (including phenoxy) is 1. The van der Waals surface area contributed by atoms with Gasteiger partial charge in [0.25, 0.3) is 0 Å². The van der Waals surface area contributed by atoms with Crippen LogP contribution in [0, 0.1) is 5.92 Å². The molecule has 0 aliphatic carbocycles.